The highest BCUT2D eigenvalue weighted by molar-refractivity contribution is 5.98. The van der Waals surface area contributed by atoms with Crippen molar-refractivity contribution >= 4 is 11.5 Å². The van der Waals surface area contributed by atoms with Crippen LogP contribution in [0.15, 0.2) is 119 Å². The van der Waals surface area contributed by atoms with E-state index >= 15 is 0 Å². The molecule has 1 unspecified atom stereocenters. The molecule has 0 saturated carbocycles. The van der Waals surface area contributed by atoms with Crippen molar-refractivity contribution in [3.8, 4) is 22.6 Å². The lowest BCUT2D eigenvalue weighted by Gasteiger charge is -2.28. The zero-order valence-corrected chi connectivity index (χ0v) is 19.9. The third-order valence-corrected chi connectivity index (χ3v) is 6.68. The number of ketones is 1. The zero-order valence-electron chi connectivity index (χ0n) is 19.9. The smallest absolute Gasteiger partial charge is 0.166 e. The number of hydrogen-bond donors (Lipinski definition) is 2. The maximum Gasteiger partial charge on any atom is 0.166 e. The van der Waals surface area contributed by atoms with E-state index in [-0.39, 0.29) is 23.7 Å². The highest BCUT2D eigenvalue weighted by Gasteiger charge is 2.43. The molecule has 5 rings (SSSR count). The fourth-order valence-corrected chi connectivity index (χ4v) is 4.79. The standard InChI is InChI=1S/C31H26N2O3/c1-2-28-30(24-12-16-26(34)17-13-24)32-33-31(28,25-14-18-27(35)19-15-25)20-29(36)23-10-8-22(9-11-23)21-6-4-3-5-7-21/h3-19,34-35H,2,20H2,1H3. The summed E-state index contributed by atoms with van der Waals surface area (Å²) in [6.45, 7) is 2.03. The Morgan fingerprint density at radius 3 is 1.89 bits per heavy atom. The summed E-state index contributed by atoms with van der Waals surface area (Å²) in [6.07, 6.45) is 0.737. The highest BCUT2D eigenvalue weighted by atomic mass is 16.3. The van der Waals surface area contributed by atoms with Crippen LogP contribution in [0, 0.1) is 0 Å². The van der Waals surface area contributed by atoms with E-state index in [2.05, 4.69) is 5.11 Å². The lowest BCUT2D eigenvalue weighted by molar-refractivity contribution is 0.0958. The normalized spacial score (nSPS) is 16.9. The van der Waals surface area contributed by atoms with Crippen LogP contribution in [-0.2, 0) is 5.54 Å². The van der Waals surface area contributed by atoms with Crippen molar-refractivity contribution in [2.75, 3.05) is 0 Å². The van der Waals surface area contributed by atoms with Crippen LogP contribution in [0.4, 0.5) is 0 Å². The molecule has 0 bridgehead atoms. The topological polar surface area (TPSA) is 82.2 Å². The van der Waals surface area contributed by atoms with Gasteiger partial charge >= 0.3 is 0 Å². The zero-order chi connectivity index (χ0) is 25.1. The van der Waals surface area contributed by atoms with Gasteiger partial charge in [0, 0.05) is 17.5 Å². The Bertz CT molecular complexity index is 1440. The van der Waals surface area contributed by atoms with Crippen LogP contribution in [0.5, 0.6) is 11.5 Å². The second kappa shape index (κ2) is 9.62. The first kappa shape index (κ1) is 23.2. The molecule has 0 saturated heterocycles. The quantitative estimate of drug-likeness (QED) is 0.272. The van der Waals surface area contributed by atoms with Crippen LogP contribution in [0.2, 0.25) is 0 Å². The molecule has 4 aromatic carbocycles. The molecule has 1 atom stereocenters. The van der Waals surface area contributed by atoms with Gasteiger partial charge in [-0.25, -0.2) is 0 Å². The first-order chi connectivity index (χ1) is 17.5. The fourth-order valence-electron chi connectivity index (χ4n) is 4.79. The van der Waals surface area contributed by atoms with Crippen LogP contribution in [0.3, 0.4) is 0 Å². The van der Waals surface area contributed by atoms with E-state index in [9.17, 15) is 15.0 Å². The first-order valence-electron chi connectivity index (χ1n) is 11.9. The lowest BCUT2D eigenvalue weighted by Crippen LogP contribution is -2.28. The summed E-state index contributed by atoms with van der Waals surface area (Å²) < 4.78 is 0. The molecule has 4 aromatic rings. The Kier molecular flexibility index (Phi) is 6.21. The van der Waals surface area contributed by atoms with Crippen LogP contribution in [0.25, 0.3) is 16.8 Å². The summed E-state index contributed by atoms with van der Waals surface area (Å²) in [4.78, 5) is 13.6. The van der Waals surface area contributed by atoms with Crippen molar-refractivity contribution in [3.05, 3.63) is 125 Å². The summed E-state index contributed by atoms with van der Waals surface area (Å²) in [5.74, 6) is 0.276. The van der Waals surface area contributed by atoms with Gasteiger partial charge in [0.15, 0.2) is 5.78 Å². The Hall–Kier alpha value is -4.51. The van der Waals surface area contributed by atoms with E-state index in [4.69, 9.17) is 5.11 Å². The van der Waals surface area contributed by atoms with Gasteiger partial charge in [-0.3, -0.25) is 4.79 Å². The number of hydrogen-bond acceptors (Lipinski definition) is 5. The van der Waals surface area contributed by atoms with Crippen LogP contribution < -0.4 is 0 Å². The highest BCUT2D eigenvalue weighted by Crippen LogP contribution is 2.49. The molecule has 1 aliphatic rings. The molecule has 1 heterocycles. The summed E-state index contributed by atoms with van der Waals surface area (Å²) >= 11 is 0. The number of Topliss-reactive ketones (excluding diaryl/α,β-unsaturated/α-hetero) is 1. The molecular weight excluding hydrogens is 448 g/mol. The van der Waals surface area contributed by atoms with Crippen LogP contribution in [-0.4, -0.2) is 16.0 Å². The third-order valence-electron chi connectivity index (χ3n) is 6.68. The number of aromatic hydroxyl groups is 2. The lowest BCUT2D eigenvalue weighted by atomic mass is 9.76. The second-order valence-corrected chi connectivity index (χ2v) is 8.88. The molecule has 36 heavy (non-hydrogen) atoms. The molecule has 2 N–H and O–H groups in total. The molecule has 1 aliphatic heterocycles. The summed E-state index contributed by atoms with van der Waals surface area (Å²) in [5, 5.41) is 28.9. The van der Waals surface area contributed by atoms with E-state index in [0.717, 1.165) is 27.8 Å². The predicted molar refractivity (Wildman–Crippen MR) is 141 cm³/mol. The Balaban J connectivity index is 1.54. The molecule has 0 fully saturated rings. The molecule has 178 valence electrons. The fraction of sp³-hybridized carbons (Fsp3) is 0.129. The van der Waals surface area contributed by atoms with E-state index in [1.165, 1.54) is 0 Å². The van der Waals surface area contributed by atoms with Crippen molar-refractivity contribution in [1.82, 2.24) is 0 Å². The van der Waals surface area contributed by atoms with Gasteiger partial charge < -0.3 is 10.2 Å². The number of phenolic OH excluding ortho intramolecular Hbond substituents is 2. The summed E-state index contributed by atoms with van der Waals surface area (Å²) in [7, 11) is 0. The number of nitrogens with zero attached hydrogens (tertiary/aromatic N) is 2. The van der Waals surface area contributed by atoms with Gasteiger partial charge in [0.05, 0.1) is 5.70 Å². The van der Waals surface area contributed by atoms with Crippen molar-refractivity contribution in [1.29, 1.82) is 0 Å². The minimum absolute atomic E-state index is 0.0421. The van der Waals surface area contributed by atoms with Crippen molar-refractivity contribution in [2.24, 2.45) is 10.2 Å². The minimum atomic E-state index is -0.981. The van der Waals surface area contributed by atoms with Gasteiger partial charge in [0.25, 0.3) is 0 Å². The molecule has 0 aliphatic carbocycles. The molecule has 0 spiro atoms. The second-order valence-electron chi connectivity index (χ2n) is 8.88. The van der Waals surface area contributed by atoms with E-state index < -0.39 is 5.54 Å². The molecular formula is C31H26N2O3. The van der Waals surface area contributed by atoms with Gasteiger partial charge in [-0.15, -0.1) is 0 Å². The average molecular weight is 475 g/mol. The van der Waals surface area contributed by atoms with Crippen molar-refractivity contribution in [2.45, 2.75) is 25.3 Å². The summed E-state index contributed by atoms with van der Waals surface area (Å²) in [6, 6.07) is 31.3. The van der Waals surface area contributed by atoms with E-state index in [1.807, 2.05) is 61.5 Å². The maximum absolute atomic E-state index is 13.6. The third kappa shape index (κ3) is 4.31. The number of rotatable bonds is 7. The number of azo groups is 1. The monoisotopic (exact) mass is 474 g/mol. The number of carbonyl (C=O) groups excluding carboxylic acids is 1. The van der Waals surface area contributed by atoms with Crippen LogP contribution >= 0.6 is 0 Å². The summed E-state index contributed by atoms with van der Waals surface area (Å²) in [5.41, 5.74) is 5.02. The Labute approximate surface area is 210 Å². The van der Waals surface area contributed by atoms with Gasteiger partial charge in [-0.05, 0) is 65.1 Å². The number of benzene rings is 4. The van der Waals surface area contributed by atoms with Gasteiger partial charge in [-0.1, -0.05) is 73.7 Å². The van der Waals surface area contributed by atoms with Gasteiger partial charge in [0.2, 0.25) is 0 Å². The number of phenols is 2. The van der Waals surface area contributed by atoms with Crippen LogP contribution in [0.1, 0.15) is 41.3 Å². The van der Waals surface area contributed by atoms with E-state index in [1.54, 1.807) is 48.5 Å². The minimum Gasteiger partial charge on any atom is -0.508 e. The molecule has 0 amide bonds. The van der Waals surface area contributed by atoms with Gasteiger partial charge in [0.1, 0.15) is 17.0 Å². The molecule has 0 aromatic heterocycles. The number of carbonyl (C=O) groups is 1. The van der Waals surface area contributed by atoms with Crippen molar-refractivity contribution in [3.63, 3.8) is 0 Å². The average Bonchev–Trinajstić information content (AvgIpc) is 3.29. The van der Waals surface area contributed by atoms with E-state index in [0.29, 0.717) is 17.7 Å². The Morgan fingerprint density at radius 1 is 0.722 bits per heavy atom. The van der Waals surface area contributed by atoms with Gasteiger partial charge in [-0.2, -0.15) is 10.2 Å². The largest absolute Gasteiger partial charge is 0.508 e. The molecule has 5 heteroatoms. The SMILES string of the molecule is CCC1=C(c2ccc(O)cc2)N=NC1(CC(=O)c1ccc(-c2ccccc2)cc1)c1ccc(O)cc1. The first-order valence-corrected chi connectivity index (χ1v) is 11.9. The van der Waals surface area contributed by atoms with Crippen molar-refractivity contribution < 1.29 is 15.0 Å². The maximum atomic E-state index is 13.6. The molecule has 0 radical (unpaired) electrons. The molecule has 5 nitrogen and oxygen atoms in total. The Morgan fingerprint density at radius 2 is 1.28 bits per heavy atom. The predicted octanol–water partition coefficient (Wildman–Crippen LogP) is 7.52.